The first-order valence-corrected chi connectivity index (χ1v) is 6.83. The third-order valence-corrected chi connectivity index (χ3v) is 3.31. The summed E-state index contributed by atoms with van der Waals surface area (Å²) in [6.45, 7) is 0.685. The Balaban J connectivity index is 1.60. The standard InChI is InChI=1S/C15H17FN4/c16-12-3-1-2-10(8-12)6-7-18-14-9-13(17)19-15(20-14)11-4-5-11/h1-3,8-9,11H,4-7H2,(H3,17,18,19,20). The maximum atomic E-state index is 13.1. The monoisotopic (exact) mass is 272 g/mol. The van der Waals surface area contributed by atoms with Crippen LogP contribution in [0.4, 0.5) is 16.0 Å². The molecular weight excluding hydrogens is 255 g/mol. The molecule has 1 fully saturated rings. The fourth-order valence-electron chi connectivity index (χ4n) is 2.13. The van der Waals surface area contributed by atoms with Crippen LogP contribution in [0.5, 0.6) is 0 Å². The molecule has 20 heavy (non-hydrogen) atoms. The summed E-state index contributed by atoms with van der Waals surface area (Å²) in [5.74, 6) is 2.34. The van der Waals surface area contributed by atoms with Crippen LogP contribution in [0.1, 0.15) is 30.1 Å². The molecule has 5 heteroatoms. The second-order valence-corrected chi connectivity index (χ2v) is 5.12. The molecular formula is C15H17FN4. The van der Waals surface area contributed by atoms with Crippen molar-refractivity contribution in [2.75, 3.05) is 17.6 Å². The molecule has 0 unspecified atom stereocenters. The normalized spacial score (nSPS) is 14.2. The van der Waals surface area contributed by atoms with E-state index < -0.39 is 0 Å². The minimum absolute atomic E-state index is 0.204. The number of rotatable bonds is 5. The van der Waals surface area contributed by atoms with Gasteiger partial charge in [-0.1, -0.05) is 12.1 Å². The molecule has 0 bridgehead atoms. The maximum absolute atomic E-state index is 13.1. The summed E-state index contributed by atoms with van der Waals surface area (Å²) >= 11 is 0. The zero-order valence-corrected chi connectivity index (χ0v) is 11.1. The maximum Gasteiger partial charge on any atom is 0.136 e. The van der Waals surface area contributed by atoms with Gasteiger partial charge in [0, 0.05) is 18.5 Å². The molecule has 0 saturated heterocycles. The molecule has 0 amide bonds. The Morgan fingerprint density at radius 2 is 2.10 bits per heavy atom. The van der Waals surface area contributed by atoms with Crippen LogP contribution in [0, 0.1) is 5.82 Å². The largest absolute Gasteiger partial charge is 0.384 e. The van der Waals surface area contributed by atoms with Gasteiger partial charge in [-0.25, -0.2) is 14.4 Å². The van der Waals surface area contributed by atoms with Crippen LogP contribution < -0.4 is 11.1 Å². The smallest absolute Gasteiger partial charge is 0.136 e. The number of nitrogens with two attached hydrogens (primary N) is 1. The third-order valence-electron chi connectivity index (χ3n) is 3.31. The van der Waals surface area contributed by atoms with E-state index in [1.807, 2.05) is 6.07 Å². The van der Waals surface area contributed by atoms with Gasteiger partial charge >= 0.3 is 0 Å². The minimum Gasteiger partial charge on any atom is -0.384 e. The van der Waals surface area contributed by atoms with E-state index in [-0.39, 0.29) is 5.82 Å². The van der Waals surface area contributed by atoms with Crippen molar-refractivity contribution in [1.82, 2.24) is 9.97 Å². The van der Waals surface area contributed by atoms with Crippen LogP contribution in [0.2, 0.25) is 0 Å². The lowest BCUT2D eigenvalue weighted by molar-refractivity contribution is 0.625. The molecule has 4 nitrogen and oxygen atoms in total. The van der Waals surface area contributed by atoms with Gasteiger partial charge in [0.25, 0.3) is 0 Å². The van der Waals surface area contributed by atoms with Crippen LogP contribution in [-0.4, -0.2) is 16.5 Å². The van der Waals surface area contributed by atoms with Gasteiger partial charge in [-0.15, -0.1) is 0 Å². The highest BCUT2D eigenvalue weighted by atomic mass is 19.1. The molecule has 1 saturated carbocycles. The van der Waals surface area contributed by atoms with Crippen LogP contribution in [0.3, 0.4) is 0 Å². The predicted octanol–water partition coefficient (Wildman–Crippen LogP) is 2.73. The van der Waals surface area contributed by atoms with Gasteiger partial charge in [-0.3, -0.25) is 0 Å². The van der Waals surface area contributed by atoms with Crippen molar-refractivity contribution in [2.24, 2.45) is 0 Å². The van der Waals surface area contributed by atoms with Gasteiger partial charge in [0.15, 0.2) is 0 Å². The summed E-state index contributed by atoms with van der Waals surface area (Å²) < 4.78 is 13.1. The van der Waals surface area contributed by atoms with E-state index in [1.54, 1.807) is 18.2 Å². The van der Waals surface area contributed by atoms with Crippen LogP contribution in [-0.2, 0) is 6.42 Å². The van der Waals surface area contributed by atoms with Gasteiger partial charge in [0.1, 0.15) is 23.3 Å². The molecule has 0 spiro atoms. The van der Waals surface area contributed by atoms with Crippen molar-refractivity contribution in [3.05, 3.63) is 47.5 Å². The summed E-state index contributed by atoms with van der Waals surface area (Å²) in [5.41, 5.74) is 6.75. The zero-order valence-electron chi connectivity index (χ0n) is 11.1. The zero-order chi connectivity index (χ0) is 13.9. The molecule has 0 aliphatic heterocycles. The lowest BCUT2D eigenvalue weighted by atomic mass is 10.1. The number of halogens is 1. The van der Waals surface area contributed by atoms with Crippen molar-refractivity contribution in [1.29, 1.82) is 0 Å². The molecule has 1 aromatic carbocycles. The van der Waals surface area contributed by atoms with E-state index >= 15 is 0 Å². The van der Waals surface area contributed by atoms with Crippen molar-refractivity contribution >= 4 is 11.6 Å². The summed E-state index contributed by atoms with van der Waals surface area (Å²) in [4.78, 5) is 8.72. The van der Waals surface area contributed by atoms with Gasteiger partial charge in [0.05, 0.1) is 0 Å². The Hall–Kier alpha value is -2.17. The fourth-order valence-corrected chi connectivity index (χ4v) is 2.13. The number of nitrogen functional groups attached to an aromatic ring is 1. The third kappa shape index (κ3) is 3.23. The quantitative estimate of drug-likeness (QED) is 0.878. The van der Waals surface area contributed by atoms with Crippen molar-refractivity contribution in [3.8, 4) is 0 Å². The predicted molar refractivity (Wildman–Crippen MR) is 77.0 cm³/mol. The molecule has 1 heterocycles. The first-order valence-electron chi connectivity index (χ1n) is 6.83. The number of nitrogens with one attached hydrogen (secondary N) is 1. The molecule has 1 aliphatic carbocycles. The summed E-state index contributed by atoms with van der Waals surface area (Å²) in [5, 5.41) is 3.22. The Bertz CT molecular complexity index is 611. The fraction of sp³-hybridized carbons (Fsp3) is 0.333. The Kier molecular flexibility index (Phi) is 3.50. The summed E-state index contributed by atoms with van der Waals surface area (Å²) in [6.07, 6.45) is 3.03. The van der Waals surface area contributed by atoms with Crippen molar-refractivity contribution in [2.45, 2.75) is 25.2 Å². The Morgan fingerprint density at radius 3 is 2.85 bits per heavy atom. The van der Waals surface area contributed by atoms with Crippen LogP contribution in [0.25, 0.3) is 0 Å². The number of hydrogen-bond acceptors (Lipinski definition) is 4. The number of anilines is 2. The highest BCUT2D eigenvalue weighted by Gasteiger charge is 2.27. The topological polar surface area (TPSA) is 63.8 Å². The van der Waals surface area contributed by atoms with Gasteiger partial charge < -0.3 is 11.1 Å². The Morgan fingerprint density at radius 1 is 1.25 bits per heavy atom. The van der Waals surface area contributed by atoms with E-state index in [2.05, 4.69) is 15.3 Å². The van der Waals surface area contributed by atoms with Gasteiger partial charge in [-0.2, -0.15) is 0 Å². The number of aromatic nitrogens is 2. The SMILES string of the molecule is Nc1cc(NCCc2cccc(F)c2)nc(C2CC2)n1. The van der Waals surface area contributed by atoms with Crippen LogP contribution in [0.15, 0.2) is 30.3 Å². The lowest BCUT2D eigenvalue weighted by Crippen LogP contribution is -2.09. The van der Waals surface area contributed by atoms with Gasteiger partial charge in [0.2, 0.25) is 0 Å². The van der Waals surface area contributed by atoms with E-state index in [9.17, 15) is 4.39 Å². The summed E-state index contributed by atoms with van der Waals surface area (Å²) in [7, 11) is 0. The molecule has 1 aliphatic rings. The molecule has 0 atom stereocenters. The lowest BCUT2D eigenvalue weighted by Gasteiger charge is -2.08. The number of benzene rings is 1. The molecule has 3 N–H and O–H groups in total. The number of hydrogen-bond donors (Lipinski definition) is 2. The van der Waals surface area contributed by atoms with E-state index in [1.165, 1.54) is 6.07 Å². The number of nitrogens with zero attached hydrogens (tertiary/aromatic N) is 2. The average molecular weight is 272 g/mol. The van der Waals surface area contributed by atoms with E-state index in [0.717, 1.165) is 36.5 Å². The summed E-state index contributed by atoms with van der Waals surface area (Å²) in [6, 6.07) is 8.36. The molecule has 1 aromatic heterocycles. The van der Waals surface area contributed by atoms with E-state index in [4.69, 9.17) is 5.73 Å². The highest BCUT2D eigenvalue weighted by molar-refractivity contribution is 5.45. The minimum atomic E-state index is -0.204. The first-order chi connectivity index (χ1) is 9.70. The molecule has 104 valence electrons. The first kappa shape index (κ1) is 12.8. The Labute approximate surface area is 117 Å². The van der Waals surface area contributed by atoms with Crippen molar-refractivity contribution < 1.29 is 4.39 Å². The molecule has 2 aromatic rings. The average Bonchev–Trinajstić information content (AvgIpc) is 3.22. The van der Waals surface area contributed by atoms with Crippen molar-refractivity contribution in [3.63, 3.8) is 0 Å². The molecule has 0 radical (unpaired) electrons. The van der Waals surface area contributed by atoms with Crippen LogP contribution >= 0.6 is 0 Å². The second-order valence-electron chi connectivity index (χ2n) is 5.12. The molecule has 3 rings (SSSR count). The van der Waals surface area contributed by atoms with Gasteiger partial charge in [-0.05, 0) is 37.0 Å². The highest BCUT2D eigenvalue weighted by Crippen LogP contribution is 2.38. The van der Waals surface area contributed by atoms with E-state index in [0.29, 0.717) is 18.3 Å². The second kappa shape index (κ2) is 5.45.